The van der Waals surface area contributed by atoms with Crippen LogP contribution in [0.15, 0.2) is 48.5 Å². The zero-order chi connectivity index (χ0) is 19.4. The monoisotopic (exact) mass is 399 g/mol. The van der Waals surface area contributed by atoms with Crippen molar-refractivity contribution in [3.8, 4) is 11.5 Å². The van der Waals surface area contributed by atoms with Crippen LogP contribution in [0.4, 0.5) is 5.69 Å². The molecule has 2 aromatic carbocycles. The van der Waals surface area contributed by atoms with E-state index in [4.69, 9.17) is 19.8 Å². The summed E-state index contributed by atoms with van der Waals surface area (Å²) >= 11 is 1.92. The zero-order valence-electron chi connectivity index (χ0n) is 14.9. The summed E-state index contributed by atoms with van der Waals surface area (Å²) in [5.41, 5.74) is 7.76. The van der Waals surface area contributed by atoms with E-state index in [0.29, 0.717) is 24.3 Å². The van der Waals surface area contributed by atoms with Gasteiger partial charge < -0.3 is 15.2 Å². The highest BCUT2D eigenvalue weighted by molar-refractivity contribution is 7.98. The van der Waals surface area contributed by atoms with E-state index >= 15 is 0 Å². The third-order valence-electron chi connectivity index (χ3n) is 2.99. The van der Waals surface area contributed by atoms with Gasteiger partial charge >= 0.3 is 0 Å². The summed E-state index contributed by atoms with van der Waals surface area (Å²) < 4.78 is 36.9. The van der Waals surface area contributed by atoms with Crippen LogP contribution in [0.5, 0.6) is 11.5 Å². The number of hydrogen-bond donors (Lipinski definition) is 2. The van der Waals surface area contributed by atoms with Gasteiger partial charge in [0, 0.05) is 17.5 Å². The molecule has 0 unspecified atom stereocenters. The van der Waals surface area contributed by atoms with Gasteiger partial charge in [-0.3, -0.25) is 4.55 Å². The molecule has 0 heterocycles. The summed E-state index contributed by atoms with van der Waals surface area (Å²) in [6.45, 7) is 0.683. The third kappa shape index (κ3) is 10.9. The molecule has 2 aromatic rings. The maximum absolute atomic E-state index is 9.19. The van der Waals surface area contributed by atoms with Gasteiger partial charge in [0.1, 0.15) is 0 Å². The molecule has 0 fully saturated rings. The zero-order valence-corrected chi connectivity index (χ0v) is 16.6. The first kappa shape index (κ1) is 22.1. The Kier molecular flexibility index (Phi) is 9.93. The van der Waals surface area contributed by atoms with Crippen LogP contribution in [0.2, 0.25) is 0 Å². The number of nitrogen functional groups attached to an aromatic ring is 1. The van der Waals surface area contributed by atoms with E-state index in [1.165, 1.54) is 5.56 Å². The van der Waals surface area contributed by atoms with Gasteiger partial charge in [-0.05, 0) is 29.9 Å². The average molecular weight is 400 g/mol. The summed E-state index contributed by atoms with van der Waals surface area (Å²) in [4.78, 5) is 0. The molecule has 144 valence electrons. The van der Waals surface area contributed by atoms with Gasteiger partial charge in [0.25, 0.3) is 10.1 Å². The molecule has 0 atom stereocenters. The van der Waals surface area contributed by atoms with Crippen LogP contribution in [0.3, 0.4) is 0 Å². The lowest BCUT2D eigenvalue weighted by Crippen LogP contribution is -2.01. The Morgan fingerprint density at radius 3 is 2.38 bits per heavy atom. The minimum Gasteiger partial charge on any atom is -0.493 e. The summed E-state index contributed by atoms with van der Waals surface area (Å²) in [5.74, 6) is 3.56. The highest BCUT2D eigenvalue weighted by atomic mass is 32.2. The molecule has 0 saturated carbocycles. The van der Waals surface area contributed by atoms with Gasteiger partial charge in [0.15, 0.2) is 11.5 Å². The second-order valence-corrected chi connectivity index (χ2v) is 7.95. The largest absolute Gasteiger partial charge is 0.493 e. The normalized spacial score (nSPS) is 10.6. The summed E-state index contributed by atoms with van der Waals surface area (Å²) in [6, 6.07) is 16.0. The number of rotatable bonds is 8. The molecule has 0 aliphatic rings. The average Bonchev–Trinajstić information content (AvgIpc) is 2.58. The van der Waals surface area contributed by atoms with Gasteiger partial charge in [0.2, 0.25) is 0 Å². The Hall–Kier alpha value is -1.90. The topological polar surface area (TPSA) is 98.9 Å². The van der Waals surface area contributed by atoms with Crippen LogP contribution in [0.25, 0.3) is 0 Å². The summed E-state index contributed by atoms with van der Waals surface area (Å²) in [7, 11) is -2.04. The maximum atomic E-state index is 9.19. The molecule has 3 N–H and O–H groups in total. The van der Waals surface area contributed by atoms with Gasteiger partial charge in [-0.15, -0.1) is 0 Å². The van der Waals surface area contributed by atoms with E-state index in [2.05, 4.69) is 24.3 Å². The number of benzene rings is 2. The molecule has 0 radical (unpaired) electrons. The van der Waals surface area contributed by atoms with E-state index in [9.17, 15) is 8.42 Å². The lowest BCUT2D eigenvalue weighted by Gasteiger charge is -2.11. The fraction of sp³-hybridized carbons (Fsp3) is 0.333. The van der Waals surface area contributed by atoms with Gasteiger partial charge in [-0.1, -0.05) is 30.3 Å². The van der Waals surface area contributed by atoms with Crippen LogP contribution in [0, 0.1) is 0 Å². The van der Waals surface area contributed by atoms with Gasteiger partial charge in [-0.2, -0.15) is 20.2 Å². The van der Waals surface area contributed by atoms with E-state index in [0.717, 1.165) is 23.7 Å². The maximum Gasteiger partial charge on any atom is 0.261 e. The van der Waals surface area contributed by atoms with Crippen molar-refractivity contribution < 1.29 is 22.4 Å². The molecule has 0 saturated heterocycles. The predicted octanol–water partition coefficient (Wildman–Crippen LogP) is 3.48. The lowest BCUT2D eigenvalue weighted by atomic mass is 10.2. The lowest BCUT2D eigenvalue weighted by molar-refractivity contribution is 0.295. The first-order chi connectivity index (χ1) is 12.3. The first-order valence-corrected chi connectivity index (χ1v) is 10.9. The summed E-state index contributed by atoms with van der Waals surface area (Å²) in [5, 5.41) is 0. The second-order valence-electron chi connectivity index (χ2n) is 5.38. The molecule has 0 aliphatic carbocycles. The van der Waals surface area contributed by atoms with Crippen molar-refractivity contribution in [2.24, 2.45) is 0 Å². The van der Waals surface area contributed by atoms with Crippen LogP contribution < -0.4 is 15.2 Å². The molecule has 0 spiro atoms. The Bertz CT molecular complexity index is 743. The predicted molar refractivity (Wildman–Crippen MR) is 108 cm³/mol. The van der Waals surface area contributed by atoms with Crippen LogP contribution in [0.1, 0.15) is 12.0 Å². The SMILES string of the molecule is COc1cc(N)ccc1OCCCSCc1ccccc1.CS(=O)(=O)O. The standard InChI is InChI=1S/C17H21NO2S.CH4O3S/c1-19-17-12-15(18)8-9-16(17)20-10-5-11-21-13-14-6-3-2-4-7-14;1-5(2,3)4/h2-4,6-9,12H,5,10-11,13,18H2,1H3;1H3,(H,2,3,4). The van der Waals surface area contributed by atoms with Gasteiger partial charge in [-0.25, -0.2) is 0 Å². The molecule has 0 aliphatic heterocycles. The Labute approximate surface area is 159 Å². The Balaban J connectivity index is 0.000000597. The second kappa shape index (κ2) is 11.7. The summed E-state index contributed by atoms with van der Waals surface area (Å²) in [6.07, 6.45) is 1.72. The van der Waals surface area contributed by atoms with Crippen LogP contribution in [-0.2, 0) is 15.9 Å². The molecule has 0 aromatic heterocycles. The highest BCUT2D eigenvalue weighted by Crippen LogP contribution is 2.29. The van der Waals surface area contributed by atoms with Crippen LogP contribution in [-0.4, -0.2) is 38.7 Å². The highest BCUT2D eigenvalue weighted by Gasteiger charge is 2.04. The Morgan fingerprint density at radius 1 is 1.12 bits per heavy atom. The number of anilines is 1. The number of thioether (sulfide) groups is 1. The van der Waals surface area contributed by atoms with E-state index in [1.54, 1.807) is 13.2 Å². The molecular formula is C18H25NO5S2. The van der Waals surface area contributed by atoms with Crippen molar-refractivity contribution in [2.75, 3.05) is 31.5 Å². The Morgan fingerprint density at radius 2 is 1.77 bits per heavy atom. The van der Waals surface area contributed by atoms with Crippen molar-refractivity contribution in [3.63, 3.8) is 0 Å². The molecule has 8 heteroatoms. The number of hydrogen-bond acceptors (Lipinski definition) is 6. The quantitative estimate of drug-likeness (QED) is 0.398. The molecule has 6 nitrogen and oxygen atoms in total. The van der Waals surface area contributed by atoms with Crippen LogP contribution >= 0.6 is 11.8 Å². The van der Waals surface area contributed by atoms with Crippen molar-refractivity contribution in [1.82, 2.24) is 0 Å². The fourth-order valence-electron chi connectivity index (χ4n) is 1.91. The molecule has 0 amide bonds. The van der Waals surface area contributed by atoms with E-state index in [1.807, 2.05) is 30.0 Å². The minimum atomic E-state index is -3.67. The molecular weight excluding hydrogens is 374 g/mol. The fourth-order valence-corrected chi connectivity index (χ4v) is 2.81. The first-order valence-electron chi connectivity index (χ1n) is 7.90. The van der Waals surface area contributed by atoms with Gasteiger partial charge in [0.05, 0.1) is 20.0 Å². The van der Waals surface area contributed by atoms with Crippen molar-refractivity contribution >= 4 is 27.6 Å². The van der Waals surface area contributed by atoms with E-state index < -0.39 is 10.1 Å². The number of ether oxygens (including phenoxy) is 2. The number of nitrogens with two attached hydrogens (primary N) is 1. The van der Waals surface area contributed by atoms with Crippen molar-refractivity contribution in [3.05, 3.63) is 54.1 Å². The molecule has 26 heavy (non-hydrogen) atoms. The minimum absolute atomic E-state index is 0.678. The number of methoxy groups -OCH3 is 1. The van der Waals surface area contributed by atoms with E-state index in [-0.39, 0.29) is 0 Å². The van der Waals surface area contributed by atoms with Crippen molar-refractivity contribution in [1.29, 1.82) is 0 Å². The third-order valence-corrected chi connectivity index (χ3v) is 4.10. The molecule has 0 bridgehead atoms. The molecule has 2 rings (SSSR count). The smallest absolute Gasteiger partial charge is 0.261 e. The van der Waals surface area contributed by atoms with Crippen molar-refractivity contribution in [2.45, 2.75) is 12.2 Å².